The summed E-state index contributed by atoms with van der Waals surface area (Å²) >= 11 is 0. The molecule has 2 amide bonds. The van der Waals surface area contributed by atoms with Gasteiger partial charge in [0.05, 0.1) is 11.6 Å². The molecule has 0 saturated carbocycles. The van der Waals surface area contributed by atoms with E-state index >= 15 is 0 Å². The highest BCUT2D eigenvalue weighted by Gasteiger charge is 2.32. The quantitative estimate of drug-likeness (QED) is 0.946. The zero-order chi connectivity index (χ0) is 16.4. The molecule has 2 aromatic rings. The molecule has 1 saturated heterocycles. The summed E-state index contributed by atoms with van der Waals surface area (Å²) in [6.45, 7) is 0.225. The lowest BCUT2D eigenvalue weighted by molar-refractivity contribution is -0.117. The van der Waals surface area contributed by atoms with Gasteiger partial charge in [-0.1, -0.05) is 18.2 Å². The monoisotopic (exact) mass is 316 g/mol. The Morgan fingerprint density at radius 1 is 1.13 bits per heavy atom. The van der Waals surface area contributed by atoms with Crippen molar-refractivity contribution < 1.29 is 18.4 Å². The molecule has 1 aliphatic rings. The van der Waals surface area contributed by atoms with Crippen molar-refractivity contribution in [3.63, 3.8) is 0 Å². The molecule has 118 valence electrons. The van der Waals surface area contributed by atoms with Gasteiger partial charge in [-0.05, 0) is 30.3 Å². The largest absolute Gasteiger partial charge is 0.347 e. The van der Waals surface area contributed by atoms with E-state index in [-0.39, 0.29) is 24.4 Å². The number of halogens is 2. The van der Waals surface area contributed by atoms with Crippen LogP contribution in [-0.4, -0.2) is 24.4 Å². The van der Waals surface area contributed by atoms with E-state index in [4.69, 9.17) is 0 Å². The van der Waals surface area contributed by atoms with E-state index in [0.29, 0.717) is 5.69 Å². The molecule has 0 aromatic heterocycles. The third-order valence-corrected chi connectivity index (χ3v) is 3.70. The van der Waals surface area contributed by atoms with Gasteiger partial charge in [0.25, 0.3) is 5.91 Å². The molecule has 0 bridgehead atoms. The third kappa shape index (κ3) is 3.21. The number of nitrogens with zero attached hydrogens (tertiary/aromatic N) is 1. The van der Waals surface area contributed by atoms with Crippen LogP contribution in [0.3, 0.4) is 0 Å². The van der Waals surface area contributed by atoms with Crippen molar-refractivity contribution in [1.82, 2.24) is 5.32 Å². The highest BCUT2D eigenvalue weighted by Crippen LogP contribution is 2.22. The number of anilines is 1. The van der Waals surface area contributed by atoms with Gasteiger partial charge in [-0.15, -0.1) is 0 Å². The number of carbonyl (C=O) groups excluding carboxylic acids is 2. The summed E-state index contributed by atoms with van der Waals surface area (Å²) in [6, 6.07) is 10.9. The van der Waals surface area contributed by atoms with Crippen LogP contribution in [-0.2, 0) is 4.79 Å². The van der Waals surface area contributed by atoms with Gasteiger partial charge in [0.15, 0.2) is 0 Å². The maximum Gasteiger partial charge on any atom is 0.254 e. The van der Waals surface area contributed by atoms with E-state index in [1.165, 1.54) is 41.3 Å². The SMILES string of the molecule is O=C(N[C@H]1CC(=O)N(c2cccc(F)c2)C1)c1ccccc1F. The Morgan fingerprint density at radius 2 is 1.91 bits per heavy atom. The van der Waals surface area contributed by atoms with Crippen molar-refractivity contribution in [3.05, 3.63) is 65.7 Å². The van der Waals surface area contributed by atoms with E-state index in [2.05, 4.69) is 5.32 Å². The average Bonchev–Trinajstić information content (AvgIpc) is 2.88. The number of rotatable bonds is 3. The second-order valence-electron chi connectivity index (χ2n) is 5.34. The molecule has 2 aromatic carbocycles. The van der Waals surface area contributed by atoms with Gasteiger partial charge in [-0.25, -0.2) is 8.78 Å². The summed E-state index contributed by atoms with van der Waals surface area (Å²) in [5.74, 6) is -1.83. The summed E-state index contributed by atoms with van der Waals surface area (Å²) in [5.41, 5.74) is 0.377. The summed E-state index contributed by atoms with van der Waals surface area (Å²) in [5, 5.41) is 2.65. The maximum absolute atomic E-state index is 13.6. The van der Waals surface area contributed by atoms with Crippen molar-refractivity contribution >= 4 is 17.5 Å². The summed E-state index contributed by atoms with van der Waals surface area (Å²) in [7, 11) is 0. The van der Waals surface area contributed by atoms with Gasteiger partial charge >= 0.3 is 0 Å². The summed E-state index contributed by atoms with van der Waals surface area (Å²) in [6.07, 6.45) is 0.0940. The fourth-order valence-electron chi connectivity index (χ4n) is 2.61. The van der Waals surface area contributed by atoms with Gasteiger partial charge in [0, 0.05) is 18.7 Å². The third-order valence-electron chi connectivity index (χ3n) is 3.70. The van der Waals surface area contributed by atoms with Crippen LogP contribution in [0, 0.1) is 11.6 Å². The molecular formula is C17H14F2N2O2. The van der Waals surface area contributed by atoms with Crippen LogP contribution in [0.15, 0.2) is 48.5 Å². The Kier molecular flexibility index (Phi) is 4.06. The zero-order valence-electron chi connectivity index (χ0n) is 12.1. The molecule has 0 unspecified atom stereocenters. The van der Waals surface area contributed by atoms with Crippen LogP contribution in [0.5, 0.6) is 0 Å². The van der Waals surface area contributed by atoms with E-state index in [1.807, 2.05) is 0 Å². The Hall–Kier alpha value is -2.76. The standard InChI is InChI=1S/C17H14F2N2O2/c18-11-4-3-5-13(8-11)21-10-12(9-16(21)22)20-17(23)14-6-1-2-7-15(14)19/h1-8,12H,9-10H2,(H,20,23)/t12-/m0/s1. The fraction of sp³-hybridized carbons (Fsp3) is 0.176. The molecule has 3 rings (SSSR count). The minimum atomic E-state index is -0.615. The van der Waals surface area contributed by atoms with Crippen molar-refractivity contribution in [1.29, 1.82) is 0 Å². The Bertz CT molecular complexity index is 764. The molecule has 0 spiro atoms. The first-order valence-electron chi connectivity index (χ1n) is 7.16. The lowest BCUT2D eigenvalue weighted by Crippen LogP contribution is -2.37. The van der Waals surface area contributed by atoms with E-state index in [9.17, 15) is 18.4 Å². The maximum atomic E-state index is 13.6. The Morgan fingerprint density at radius 3 is 2.65 bits per heavy atom. The first-order valence-corrected chi connectivity index (χ1v) is 7.16. The number of benzene rings is 2. The molecule has 23 heavy (non-hydrogen) atoms. The molecule has 6 heteroatoms. The predicted octanol–water partition coefficient (Wildman–Crippen LogP) is 2.50. The van der Waals surface area contributed by atoms with Crippen LogP contribution in [0.1, 0.15) is 16.8 Å². The van der Waals surface area contributed by atoms with Crippen LogP contribution in [0.4, 0.5) is 14.5 Å². The first-order chi connectivity index (χ1) is 11.0. The van der Waals surface area contributed by atoms with Gasteiger partial charge in [-0.3, -0.25) is 9.59 Å². The fourth-order valence-corrected chi connectivity index (χ4v) is 2.61. The second-order valence-corrected chi connectivity index (χ2v) is 5.34. The van der Waals surface area contributed by atoms with Gasteiger partial charge in [-0.2, -0.15) is 0 Å². The lowest BCUT2D eigenvalue weighted by Gasteiger charge is -2.17. The summed E-state index contributed by atoms with van der Waals surface area (Å²) in [4.78, 5) is 25.6. The molecule has 0 aliphatic carbocycles. The molecule has 1 atom stereocenters. The van der Waals surface area contributed by atoms with Crippen LogP contribution in [0.25, 0.3) is 0 Å². The van der Waals surface area contributed by atoms with Crippen molar-refractivity contribution in [2.45, 2.75) is 12.5 Å². The van der Waals surface area contributed by atoms with Crippen molar-refractivity contribution in [2.75, 3.05) is 11.4 Å². The topological polar surface area (TPSA) is 49.4 Å². The minimum absolute atomic E-state index is 0.0656. The Balaban J connectivity index is 1.71. The number of hydrogen-bond donors (Lipinski definition) is 1. The number of amides is 2. The normalized spacial score (nSPS) is 17.4. The lowest BCUT2D eigenvalue weighted by atomic mass is 10.1. The molecule has 0 radical (unpaired) electrons. The predicted molar refractivity (Wildman–Crippen MR) is 81.0 cm³/mol. The molecule has 1 N–H and O–H groups in total. The smallest absolute Gasteiger partial charge is 0.254 e. The van der Waals surface area contributed by atoms with E-state index in [0.717, 1.165) is 0 Å². The van der Waals surface area contributed by atoms with Gasteiger partial charge in [0.1, 0.15) is 11.6 Å². The van der Waals surface area contributed by atoms with E-state index in [1.54, 1.807) is 12.1 Å². The molecule has 1 aliphatic heterocycles. The number of hydrogen-bond acceptors (Lipinski definition) is 2. The molecular weight excluding hydrogens is 302 g/mol. The number of nitrogens with one attached hydrogen (secondary N) is 1. The zero-order valence-corrected chi connectivity index (χ0v) is 12.1. The van der Waals surface area contributed by atoms with Gasteiger partial charge in [0.2, 0.25) is 5.91 Å². The van der Waals surface area contributed by atoms with E-state index < -0.39 is 23.6 Å². The molecule has 1 heterocycles. The van der Waals surface area contributed by atoms with Crippen LogP contribution >= 0.6 is 0 Å². The number of carbonyl (C=O) groups is 2. The van der Waals surface area contributed by atoms with Crippen LogP contribution in [0.2, 0.25) is 0 Å². The average molecular weight is 316 g/mol. The van der Waals surface area contributed by atoms with Crippen LogP contribution < -0.4 is 10.2 Å². The van der Waals surface area contributed by atoms with Crippen molar-refractivity contribution in [2.24, 2.45) is 0 Å². The minimum Gasteiger partial charge on any atom is -0.347 e. The summed E-state index contributed by atoms with van der Waals surface area (Å²) < 4.78 is 26.9. The highest BCUT2D eigenvalue weighted by atomic mass is 19.1. The first kappa shape index (κ1) is 15.1. The highest BCUT2D eigenvalue weighted by molar-refractivity contribution is 5.99. The Labute approximate surface area is 131 Å². The van der Waals surface area contributed by atoms with Crippen molar-refractivity contribution in [3.8, 4) is 0 Å². The molecule has 1 fully saturated rings. The second kappa shape index (κ2) is 6.16. The molecule has 4 nitrogen and oxygen atoms in total. The van der Waals surface area contributed by atoms with Gasteiger partial charge < -0.3 is 10.2 Å².